The molecule has 0 amide bonds. The molecular weight excluding hydrogens is 330 g/mol. The Balaban J connectivity index is 0.00000242. The molecule has 0 spiro atoms. The highest BCUT2D eigenvalue weighted by molar-refractivity contribution is 7.89. The fourth-order valence-electron chi connectivity index (χ4n) is 2.69. The number of aryl methyl sites for hydroxylation is 2. The zero-order chi connectivity index (χ0) is 15.6. The lowest BCUT2D eigenvalue weighted by molar-refractivity contribution is -0.385. The Morgan fingerprint density at radius 3 is 2.36 bits per heavy atom. The van der Waals surface area contributed by atoms with Crippen LogP contribution in [0.4, 0.5) is 5.69 Å². The van der Waals surface area contributed by atoms with E-state index in [1.54, 1.807) is 13.8 Å². The summed E-state index contributed by atoms with van der Waals surface area (Å²) >= 11 is 0. The van der Waals surface area contributed by atoms with Gasteiger partial charge >= 0.3 is 0 Å². The minimum absolute atomic E-state index is 0. The maximum Gasteiger partial charge on any atom is 0.270 e. The van der Waals surface area contributed by atoms with Gasteiger partial charge in [-0.1, -0.05) is 0 Å². The molecule has 1 atom stereocenters. The molecule has 2 rings (SSSR count). The highest BCUT2D eigenvalue weighted by Gasteiger charge is 2.26. The third kappa shape index (κ3) is 4.16. The summed E-state index contributed by atoms with van der Waals surface area (Å²) in [4.78, 5) is 10.4. The summed E-state index contributed by atoms with van der Waals surface area (Å²) in [5.41, 5.74) is 0.680. The second-order valence-electron chi connectivity index (χ2n) is 5.33. The SMILES string of the molecule is Cc1cc([N+](=O)[O-])cc(C)c1S(=O)(=O)NC1CCCNC1.Cl. The quantitative estimate of drug-likeness (QED) is 0.636. The van der Waals surface area contributed by atoms with Gasteiger partial charge in [-0.25, -0.2) is 13.1 Å². The maximum atomic E-state index is 12.5. The molecule has 7 nitrogen and oxygen atoms in total. The Labute approximate surface area is 136 Å². The van der Waals surface area contributed by atoms with Crippen LogP contribution >= 0.6 is 12.4 Å². The van der Waals surface area contributed by atoms with Crippen molar-refractivity contribution in [2.45, 2.75) is 37.6 Å². The van der Waals surface area contributed by atoms with Gasteiger partial charge in [0.1, 0.15) is 0 Å². The summed E-state index contributed by atoms with van der Waals surface area (Å²) < 4.78 is 27.7. The van der Waals surface area contributed by atoms with Gasteiger partial charge in [-0.05, 0) is 44.4 Å². The lowest BCUT2D eigenvalue weighted by Crippen LogP contribution is -2.45. The predicted octanol–water partition coefficient (Wildman–Crippen LogP) is 1.66. The van der Waals surface area contributed by atoms with Crippen molar-refractivity contribution >= 4 is 28.1 Å². The number of rotatable bonds is 4. The van der Waals surface area contributed by atoms with Crippen molar-refractivity contribution in [1.82, 2.24) is 10.0 Å². The average molecular weight is 350 g/mol. The number of nitro benzene ring substituents is 1. The standard InChI is InChI=1S/C13H19N3O4S.ClH/c1-9-6-12(16(17)18)7-10(2)13(9)21(19,20)15-11-4-3-5-14-8-11;/h6-7,11,14-15H,3-5,8H2,1-2H3;1H. The fourth-order valence-corrected chi connectivity index (χ4v) is 4.41. The lowest BCUT2D eigenvalue weighted by Gasteiger charge is -2.24. The molecule has 0 bridgehead atoms. The number of hydrogen-bond acceptors (Lipinski definition) is 5. The molecule has 1 aromatic rings. The molecular formula is C13H20ClN3O4S. The molecule has 1 heterocycles. The molecule has 22 heavy (non-hydrogen) atoms. The minimum Gasteiger partial charge on any atom is -0.315 e. The second kappa shape index (κ2) is 7.36. The van der Waals surface area contributed by atoms with Crippen LogP contribution in [0.2, 0.25) is 0 Å². The number of benzene rings is 1. The molecule has 0 radical (unpaired) electrons. The average Bonchev–Trinajstić information content (AvgIpc) is 2.37. The Morgan fingerprint density at radius 2 is 1.91 bits per heavy atom. The smallest absolute Gasteiger partial charge is 0.270 e. The topological polar surface area (TPSA) is 101 Å². The first-order valence-electron chi connectivity index (χ1n) is 6.80. The summed E-state index contributed by atoms with van der Waals surface area (Å²) in [6.45, 7) is 4.65. The number of non-ortho nitro benzene ring substituents is 1. The Morgan fingerprint density at radius 1 is 1.32 bits per heavy atom. The molecule has 9 heteroatoms. The van der Waals surface area contributed by atoms with Gasteiger partial charge in [0.05, 0.1) is 9.82 Å². The van der Waals surface area contributed by atoms with Crippen molar-refractivity contribution in [2.24, 2.45) is 0 Å². The van der Waals surface area contributed by atoms with Crippen LogP contribution in [0.15, 0.2) is 17.0 Å². The molecule has 124 valence electrons. The number of hydrogen-bond donors (Lipinski definition) is 2. The number of nitro groups is 1. The van der Waals surface area contributed by atoms with E-state index in [4.69, 9.17) is 0 Å². The molecule has 1 aliphatic rings. The van der Waals surface area contributed by atoms with E-state index in [0.29, 0.717) is 17.7 Å². The molecule has 0 aliphatic carbocycles. The summed E-state index contributed by atoms with van der Waals surface area (Å²) in [6.07, 6.45) is 1.71. The first kappa shape index (κ1) is 18.8. The van der Waals surface area contributed by atoms with Gasteiger partial charge in [0.25, 0.3) is 5.69 Å². The molecule has 1 unspecified atom stereocenters. The van der Waals surface area contributed by atoms with Crippen LogP contribution in [-0.4, -0.2) is 32.5 Å². The van der Waals surface area contributed by atoms with Crippen molar-refractivity contribution in [3.8, 4) is 0 Å². The molecule has 0 aromatic heterocycles. The van der Waals surface area contributed by atoms with Crippen molar-refractivity contribution in [1.29, 1.82) is 0 Å². The van der Waals surface area contributed by atoms with E-state index in [0.717, 1.165) is 19.4 Å². The molecule has 1 aromatic carbocycles. The minimum atomic E-state index is -3.68. The highest BCUT2D eigenvalue weighted by atomic mass is 35.5. The van der Waals surface area contributed by atoms with E-state index in [1.165, 1.54) is 12.1 Å². The number of nitrogens with one attached hydrogen (secondary N) is 2. The zero-order valence-electron chi connectivity index (χ0n) is 12.5. The predicted molar refractivity (Wildman–Crippen MR) is 86.0 cm³/mol. The van der Waals surface area contributed by atoms with E-state index in [2.05, 4.69) is 10.0 Å². The molecule has 1 fully saturated rings. The van der Waals surface area contributed by atoms with Crippen molar-refractivity contribution in [3.05, 3.63) is 33.4 Å². The number of sulfonamides is 1. The van der Waals surface area contributed by atoms with Gasteiger partial charge in [0.2, 0.25) is 10.0 Å². The van der Waals surface area contributed by atoms with Gasteiger partial charge < -0.3 is 5.32 Å². The van der Waals surface area contributed by atoms with Crippen LogP contribution in [0.3, 0.4) is 0 Å². The number of piperidine rings is 1. The summed E-state index contributed by atoms with van der Waals surface area (Å²) in [5.74, 6) is 0. The Kier molecular flexibility index (Phi) is 6.30. The van der Waals surface area contributed by atoms with Crippen molar-refractivity contribution < 1.29 is 13.3 Å². The van der Waals surface area contributed by atoms with Gasteiger partial charge in [-0.15, -0.1) is 12.4 Å². The molecule has 2 N–H and O–H groups in total. The third-order valence-corrected chi connectivity index (χ3v) is 5.37. The molecule has 1 saturated heterocycles. The molecule has 1 aliphatic heterocycles. The van der Waals surface area contributed by atoms with Crippen LogP contribution in [0.5, 0.6) is 0 Å². The van der Waals surface area contributed by atoms with Crippen LogP contribution in [0.1, 0.15) is 24.0 Å². The third-order valence-electron chi connectivity index (χ3n) is 3.54. The summed E-state index contributed by atoms with van der Waals surface area (Å²) in [5, 5.41) is 14.0. The number of nitrogens with zero attached hydrogens (tertiary/aromatic N) is 1. The first-order chi connectivity index (χ1) is 9.81. The van der Waals surface area contributed by atoms with Gasteiger partial charge in [0.15, 0.2) is 0 Å². The lowest BCUT2D eigenvalue weighted by atomic mass is 10.1. The van der Waals surface area contributed by atoms with Gasteiger partial charge in [-0.2, -0.15) is 0 Å². The monoisotopic (exact) mass is 349 g/mol. The Hall–Kier alpha value is -1.22. The van der Waals surface area contributed by atoms with E-state index >= 15 is 0 Å². The zero-order valence-corrected chi connectivity index (χ0v) is 14.1. The molecule has 0 saturated carbocycles. The van der Waals surface area contributed by atoms with E-state index in [9.17, 15) is 18.5 Å². The van der Waals surface area contributed by atoms with Crippen LogP contribution < -0.4 is 10.0 Å². The van der Waals surface area contributed by atoms with Crippen LogP contribution in [-0.2, 0) is 10.0 Å². The summed E-state index contributed by atoms with van der Waals surface area (Å²) in [7, 11) is -3.68. The van der Waals surface area contributed by atoms with Gasteiger partial charge in [0, 0.05) is 24.7 Å². The van der Waals surface area contributed by atoms with Crippen molar-refractivity contribution in [2.75, 3.05) is 13.1 Å². The normalized spacial score (nSPS) is 18.5. The van der Waals surface area contributed by atoms with E-state index in [-0.39, 0.29) is 29.0 Å². The number of halogens is 1. The largest absolute Gasteiger partial charge is 0.315 e. The summed E-state index contributed by atoms with van der Waals surface area (Å²) in [6, 6.07) is 2.44. The van der Waals surface area contributed by atoms with Gasteiger partial charge in [-0.3, -0.25) is 10.1 Å². The van der Waals surface area contributed by atoms with E-state index < -0.39 is 14.9 Å². The Bertz CT molecular complexity index is 634. The first-order valence-corrected chi connectivity index (χ1v) is 8.28. The second-order valence-corrected chi connectivity index (χ2v) is 6.98. The highest BCUT2D eigenvalue weighted by Crippen LogP contribution is 2.26. The maximum absolute atomic E-state index is 12.5. The van der Waals surface area contributed by atoms with E-state index in [1.807, 2.05) is 0 Å². The van der Waals surface area contributed by atoms with Crippen LogP contribution in [0, 0.1) is 24.0 Å². The fraction of sp³-hybridized carbons (Fsp3) is 0.538. The van der Waals surface area contributed by atoms with Crippen molar-refractivity contribution in [3.63, 3.8) is 0 Å². The van der Waals surface area contributed by atoms with Crippen LogP contribution in [0.25, 0.3) is 0 Å².